The minimum Gasteiger partial charge on any atom is -0.496 e. The van der Waals surface area contributed by atoms with Crippen molar-refractivity contribution in [1.82, 2.24) is 14.8 Å². The highest BCUT2D eigenvalue weighted by molar-refractivity contribution is 6.06. The second kappa shape index (κ2) is 8.70. The van der Waals surface area contributed by atoms with E-state index in [9.17, 15) is 4.79 Å². The second-order valence-electron chi connectivity index (χ2n) is 7.71. The minimum absolute atomic E-state index is 0.232. The summed E-state index contributed by atoms with van der Waals surface area (Å²) in [6.07, 6.45) is 0. The average molecular weight is 431 g/mol. The van der Waals surface area contributed by atoms with Crippen LogP contribution in [0.3, 0.4) is 0 Å². The summed E-state index contributed by atoms with van der Waals surface area (Å²) in [6.45, 7) is 8.61. The summed E-state index contributed by atoms with van der Waals surface area (Å²) in [5.41, 5.74) is 6.17. The van der Waals surface area contributed by atoms with Crippen LogP contribution in [0.25, 0.3) is 11.5 Å². The van der Waals surface area contributed by atoms with Crippen LogP contribution in [0.4, 0.5) is 5.69 Å². The summed E-state index contributed by atoms with van der Waals surface area (Å²) < 4.78 is 13.1. The van der Waals surface area contributed by atoms with Gasteiger partial charge in [0.25, 0.3) is 5.91 Å². The lowest BCUT2D eigenvalue weighted by Crippen LogP contribution is -2.12. The van der Waals surface area contributed by atoms with E-state index >= 15 is 0 Å². The first-order chi connectivity index (χ1) is 15.4. The van der Waals surface area contributed by atoms with E-state index in [1.54, 1.807) is 25.3 Å². The van der Waals surface area contributed by atoms with Crippen molar-refractivity contribution >= 4 is 11.6 Å². The lowest BCUT2D eigenvalue weighted by atomic mass is 10.1. The summed E-state index contributed by atoms with van der Waals surface area (Å²) in [6, 6.07) is 14.5. The summed E-state index contributed by atoms with van der Waals surface area (Å²) in [5, 5.41) is 7.48. The number of nitrogens with zero attached hydrogens (tertiary/aromatic N) is 3. The topological polar surface area (TPSA) is 82.2 Å². The molecule has 0 bridgehead atoms. The largest absolute Gasteiger partial charge is 0.496 e. The number of amides is 1. The molecular formula is C25H26N4O3. The predicted molar refractivity (Wildman–Crippen MR) is 123 cm³/mol. The molecule has 2 aromatic heterocycles. The molecule has 0 saturated heterocycles. The molecule has 7 heteroatoms. The number of para-hydroxylation sites is 1. The molecule has 1 amide bonds. The third kappa shape index (κ3) is 4.14. The van der Waals surface area contributed by atoms with Crippen LogP contribution in [0.15, 0.2) is 52.9 Å². The van der Waals surface area contributed by atoms with Crippen LogP contribution in [0, 0.1) is 27.7 Å². The molecule has 0 saturated carbocycles. The van der Waals surface area contributed by atoms with Crippen molar-refractivity contribution in [2.45, 2.75) is 34.2 Å². The van der Waals surface area contributed by atoms with Crippen molar-refractivity contribution in [1.29, 1.82) is 0 Å². The van der Waals surface area contributed by atoms with Gasteiger partial charge in [-0.25, -0.2) is 4.98 Å². The fourth-order valence-electron chi connectivity index (χ4n) is 3.51. The van der Waals surface area contributed by atoms with Gasteiger partial charge in [0.1, 0.15) is 17.2 Å². The molecule has 0 radical (unpaired) electrons. The molecule has 1 N–H and O–H groups in total. The van der Waals surface area contributed by atoms with Crippen LogP contribution in [-0.2, 0) is 6.54 Å². The fraction of sp³-hybridized carbons (Fsp3) is 0.240. The molecule has 0 aliphatic rings. The second-order valence-corrected chi connectivity index (χ2v) is 7.71. The number of carbonyl (C=O) groups is 1. The molecule has 2 aromatic carbocycles. The molecule has 0 spiro atoms. The zero-order valence-electron chi connectivity index (χ0n) is 18.9. The van der Waals surface area contributed by atoms with Gasteiger partial charge in [-0.05, 0) is 69.7 Å². The van der Waals surface area contributed by atoms with Gasteiger partial charge in [-0.3, -0.25) is 9.48 Å². The Labute approximate surface area is 187 Å². The maximum Gasteiger partial charge on any atom is 0.259 e. The number of ether oxygens (including phenoxy) is 1. The van der Waals surface area contributed by atoms with Crippen molar-refractivity contribution in [2.24, 2.45) is 0 Å². The number of nitrogens with one attached hydrogen (secondary N) is 1. The molecule has 7 nitrogen and oxygen atoms in total. The van der Waals surface area contributed by atoms with Gasteiger partial charge in [-0.2, -0.15) is 5.10 Å². The van der Waals surface area contributed by atoms with Crippen LogP contribution >= 0.6 is 0 Å². The number of oxazole rings is 1. The molecule has 32 heavy (non-hydrogen) atoms. The van der Waals surface area contributed by atoms with Gasteiger partial charge in [-0.1, -0.05) is 12.1 Å². The molecule has 0 aliphatic carbocycles. The van der Waals surface area contributed by atoms with Crippen LogP contribution in [0.2, 0.25) is 0 Å². The molecular weight excluding hydrogens is 404 g/mol. The lowest BCUT2D eigenvalue weighted by molar-refractivity contribution is 0.102. The highest BCUT2D eigenvalue weighted by Gasteiger charge is 2.16. The van der Waals surface area contributed by atoms with Gasteiger partial charge in [0.15, 0.2) is 0 Å². The Morgan fingerprint density at radius 2 is 1.78 bits per heavy atom. The summed E-state index contributed by atoms with van der Waals surface area (Å²) in [7, 11) is 1.55. The van der Waals surface area contributed by atoms with Gasteiger partial charge in [-0.15, -0.1) is 0 Å². The molecule has 4 rings (SSSR count). The van der Waals surface area contributed by atoms with Gasteiger partial charge in [0.05, 0.1) is 24.9 Å². The Bertz CT molecular complexity index is 1270. The van der Waals surface area contributed by atoms with E-state index in [2.05, 4.69) is 29.2 Å². The Kier molecular flexibility index (Phi) is 5.81. The number of carbonyl (C=O) groups excluding carboxylic acids is 1. The Morgan fingerprint density at radius 3 is 2.44 bits per heavy atom. The molecule has 2 heterocycles. The molecule has 0 atom stereocenters. The predicted octanol–water partition coefficient (Wildman–Crippen LogP) is 5.08. The summed E-state index contributed by atoms with van der Waals surface area (Å²) >= 11 is 0. The number of hydrogen-bond acceptors (Lipinski definition) is 5. The highest BCUT2D eigenvalue weighted by Crippen LogP contribution is 2.25. The summed E-state index contributed by atoms with van der Waals surface area (Å²) in [5.74, 6) is 1.60. The first kappa shape index (κ1) is 21.4. The Balaban J connectivity index is 1.50. The number of hydrogen-bond donors (Lipinski definition) is 1. The van der Waals surface area contributed by atoms with Crippen molar-refractivity contribution < 1.29 is 13.9 Å². The standard InChI is InChI=1S/C25H26N4O3/c1-15-16(2)28-29(17(15)3)14-22-18(4)32-25(27-22)19-10-12-20(13-11-19)26-24(30)21-8-6-7-9-23(21)31-5/h6-13H,14H2,1-5H3,(H,26,30). The third-order valence-electron chi connectivity index (χ3n) is 5.68. The number of rotatable bonds is 6. The Morgan fingerprint density at radius 1 is 1.06 bits per heavy atom. The molecule has 0 fully saturated rings. The zero-order chi connectivity index (χ0) is 22.8. The zero-order valence-corrected chi connectivity index (χ0v) is 18.9. The van der Waals surface area contributed by atoms with Crippen LogP contribution in [-0.4, -0.2) is 27.8 Å². The van der Waals surface area contributed by atoms with Crippen LogP contribution in [0.1, 0.15) is 38.8 Å². The SMILES string of the molecule is COc1ccccc1C(=O)Nc1ccc(-c2nc(Cn3nc(C)c(C)c3C)c(C)o2)cc1. The van der Waals surface area contributed by atoms with E-state index in [4.69, 9.17) is 9.15 Å². The van der Waals surface area contributed by atoms with Gasteiger partial charge in [0.2, 0.25) is 5.89 Å². The van der Waals surface area contributed by atoms with Crippen molar-refractivity contribution in [3.05, 3.63) is 82.5 Å². The number of benzene rings is 2. The number of anilines is 1. The first-order valence-electron chi connectivity index (χ1n) is 10.4. The van der Waals surface area contributed by atoms with Crippen LogP contribution < -0.4 is 10.1 Å². The van der Waals surface area contributed by atoms with Gasteiger partial charge in [0, 0.05) is 16.9 Å². The number of aryl methyl sites for hydroxylation is 2. The van der Waals surface area contributed by atoms with E-state index in [1.807, 2.05) is 48.9 Å². The molecule has 164 valence electrons. The van der Waals surface area contributed by atoms with Crippen molar-refractivity contribution in [3.63, 3.8) is 0 Å². The maximum absolute atomic E-state index is 12.6. The quantitative estimate of drug-likeness (QED) is 0.461. The number of methoxy groups -OCH3 is 1. The smallest absolute Gasteiger partial charge is 0.259 e. The molecule has 0 aliphatic heterocycles. The highest BCUT2D eigenvalue weighted by atomic mass is 16.5. The average Bonchev–Trinajstić information content (AvgIpc) is 3.28. The molecule has 0 unspecified atom stereocenters. The maximum atomic E-state index is 12.6. The Hall–Kier alpha value is -3.87. The monoisotopic (exact) mass is 430 g/mol. The van der Waals surface area contributed by atoms with Crippen molar-refractivity contribution in [2.75, 3.05) is 12.4 Å². The van der Waals surface area contributed by atoms with Crippen molar-refractivity contribution in [3.8, 4) is 17.2 Å². The van der Waals surface area contributed by atoms with Gasteiger partial charge >= 0.3 is 0 Å². The summed E-state index contributed by atoms with van der Waals surface area (Å²) in [4.78, 5) is 17.3. The number of aromatic nitrogens is 3. The lowest BCUT2D eigenvalue weighted by Gasteiger charge is -2.09. The van der Waals surface area contributed by atoms with E-state index < -0.39 is 0 Å². The van der Waals surface area contributed by atoms with E-state index in [1.165, 1.54) is 5.56 Å². The van der Waals surface area contributed by atoms with Crippen LogP contribution in [0.5, 0.6) is 5.75 Å². The van der Waals surface area contributed by atoms with E-state index in [-0.39, 0.29) is 5.91 Å². The van der Waals surface area contributed by atoms with E-state index in [0.717, 1.165) is 28.4 Å². The third-order valence-corrected chi connectivity index (χ3v) is 5.68. The normalized spacial score (nSPS) is 10.9. The fourth-order valence-corrected chi connectivity index (χ4v) is 3.51. The minimum atomic E-state index is -0.232. The first-order valence-corrected chi connectivity index (χ1v) is 10.4. The molecule has 4 aromatic rings. The van der Waals surface area contributed by atoms with E-state index in [0.29, 0.717) is 29.4 Å². The van der Waals surface area contributed by atoms with Gasteiger partial charge < -0.3 is 14.5 Å².